The van der Waals surface area contributed by atoms with Crippen LogP contribution in [-0.4, -0.2) is 47.4 Å². The number of ether oxygens (including phenoxy) is 1. The van der Waals surface area contributed by atoms with Crippen molar-refractivity contribution in [1.82, 2.24) is 15.4 Å². The van der Waals surface area contributed by atoms with E-state index in [0.717, 1.165) is 29.6 Å². The Morgan fingerprint density at radius 3 is 2.58 bits per heavy atom. The van der Waals surface area contributed by atoms with Gasteiger partial charge in [-0.1, -0.05) is 19.1 Å². The molecule has 1 rings (SSSR count). The number of aliphatic imine (C=N–C) groups is 1. The molecule has 9 heteroatoms. The zero-order valence-corrected chi connectivity index (χ0v) is 19.1. The number of sulfonamides is 1. The van der Waals surface area contributed by atoms with Gasteiger partial charge in [-0.25, -0.2) is 13.1 Å². The Hall–Kier alpha value is -1.07. The lowest BCUT2D eigenvalue weighted by Crippen LogP contribution is -2.38. The summed E-state index contributed by atoms with van der Waals surface area (Å²) in [4.78, 5) is 4.17. The summed E-state index contributed by atoms with van der Waals surface area (Å²) in [6, 6.07) is 6.15. The Morgan fingerprint density at radius 2 is 1.96 bits per heavy atom. The first-order valence-electron chi connectivity index (χ1n) is 8.47. The summed E-state index contributed by atoms with van der Waals surface area (Å²) in [5.74, 6) is 1.56. The third-order valence-electron chi connectivity index (χ3n) is 3.36. The minimum absolute atomic E-state index is 0. The van der Waals surface area contributed by atoms with Crippen LogP contribution in [0.1, 0.15) is 30.9 Å². The van der Waals surface area contributed by atoms with Crippen LogP contribution in [0, 0.1) is 6.92 Å². The van der Waals surface area contributed by atoms with Crippen molar-refractivity contribution in [2.75, 3.05) is 33.0 Å². The Labute approximate surface area is 174 Å². The van der Waals surface area contributed by atoms with E-state index in [4.69, 9.17) is 4.74 Å². The van der Waals surface area contributed by atoms with Gasteiger partial charge in [-0.3, -0.25) is 4.99 Å². The van der Waals surface area contributed by atoms with E-state index in [-0.39, 0.29) is 24.0 Å². The average molecular weight is 498 g/mol. The number of nitrogens with one attached hydrogen (secondary N) is 3. The summed E-state index contributed by atoms with van der Waals surface area (Å²) >= 11 is 0. The molecule has 1 aromatic rings. The number of guanidine groups is 1. The van der Waals surface area contributed by atoms with Gasteiger partial charge in [0.2, 0.25) is 10.0 Å². The van der Waals surface area contributed by atoms with Crippen molar-refractivity contribution in [3.63, 3.8) is 0 Å². The molecule has 0 saturated carbocycles. The zero-order chi connectivity index (χ0) is 18.7. The predicted octanol–water partition coefficient (Wildman–Crippen LogP) is 2.01. The smallest absolute Gasteiger partial charge is 0.208 e. The van der Waals surface area contributed by atoms with Crippen molar-refractivity contribution in [3.8, 4) is 5.75 Å². The second-order valence-electron chi connectivity index (χ2n) is 5.83. The molecule has 1 aromatic carbocycles. The Morgan fingerprint density at radius 1 is 1.23 bits per heavy atom. The van der Waals surface area contributed by atoms with Crippen LogP contribution in [0.25, 0.3) is 0 Å². The van der Waals surface area contributed by atoms with Crippen LogP contribution in [-0.2, 0) is 16.6 Å². The van der Waals surface area contributed by atoms with E-state index in [1.54, 1.807) is 7.05 Å². The van der Waals surface area contributed by atoms with E-state index >= 15 is 0 Å². The van der Waals surface area contributed by atoms with Gasteiger partial charge in [0.05, 0.1) is 12.9 Å². The first kappa shape index (κ1) is 24.9. The SMILES string of the molecule is CCCOc1cc(C)ccc1CNC(=NC)NCCCNS(C)(=O)=O.I. The first-order chi connectivity index (χ1) is 11.9. The van der Waals surface area contributed by atoms with E-state index < -0.39 is 10.0 Å². The van der Waals surface area contributed by atoms with Crippen molar-refractivity contribution in [3.05, 3.63) is 29.3 Å². The van der Waals surface area contributed by atoms with Crippen LogP contribution in [0.3, 0.4) is 0 Å². The van der Waals surface area contributed by atoms with Gasteiger partial charge in [0.1, 0.15) is 5.75 Å². The van der Waals surface area contributed by atoms with Gasteiger partial charge < -0.3 is 15.4 Å². The molecular weight excluding hydrogens is 467 g/mol. The quantitative estimate of drug-likeness (QED) is 0.199. The molecule has 0 spiro atoms. The van der Waals surface area contributed by atoms with Crippen LogP contribution >= 0.6 is 24.0 Å². The zero-order valence-electron chi connectivity index (χ0n) is 16.0. The molecule has 150 valence electrons. The highest BCUT2D eigenvalue weighted by Gasteiger charge is 2.06. The maximum Gasteiger partial charge on any atom is 0.208 e. The molecule has 26 heavy (non-hydrogen) atoms. The maximum atomic E-state index is 11.0. The summed E-state index contributed by atoms with van der Waals surface area (Å²) in [6.45, 7) is 6.43. The number of hydrogen-bond acceptors (Lipinski definition) is 4. The Bertz CT molecular complexity index is 666. The van der Waals surface area contributed by atoms with Gasteiger partial charge in [0, 0.05) is 32.2 Å². The van der Waals surface area contributed by atoms with Gasteiger partial charge >= 0.3 is 0 Å². The van der Waals surface area contributed by atoms with Crippen LogP contribution in [0.2, 0.25) is 0 Å². The van der Waals surface area contributed by atoms with Crippen molar-refractivity contribution >= 4 is 40.0 Å². The molecule has 0 aromatic heterocycles. The summed E-state index contributed by atoms with van der Waals surface area (Å²) in [5, 5.41) is 6.41. The van der Waals surface area contributed by atoms with E-state index in [1.807, 2.05) is 13.0 Å². The van der Waals surface area contributed by atoms with E-state index in [1.165, 1.54) is 0 Å². The number of benzene rings is 1. The Balaban J connectivity index is 0.00000625. The third-order valence-corrected chi connectivity index (χ3v) is 4.09. The van der Waals surface area contributed by atoms with Gasteiger partial charge in [-0.15, -0.1) is 24.0 Å². The molecule has 0 atom stereocenters. The van der Waals surface area contributed by atoms with Gasteiger partial charge in [-0.2, -0.15) is 0 Å². The summed E-state index contributed by atoms with van der Waals surface area (Å²) < 4.78 is 30.3. The maximum absolute atomic E-state index is 11.0. The molecule has 0 bridgehead atoms. The number of aryl methyl sites for hydroxylation is 1. The number of hydrogen-bond donors (Lipinski definition) is 3. The molecule has 0 fully saturated rings. The van der Waals surface area contributed by atoms with E-state index in [9.17, 15) is 8.42 Å². The summed E-state index contributed by atoms with van der Waals surface area (Å²) in [7, 11) is -1.43. The second-order valence-corrected chi connectivity index (χ2v) is 7.67. The molecule has 0 saturated heterocycles. The average Bonchev–Trinajstić information content (AvgIpc) is 2.55. The lowest BCUT2D eigenvalue weighted by atomic mass is 10.1. The van der Waals surface area contributed by atoms with Crippen LogP contribution < -0.4 is 20.1 Å². The molecule has 0 aliphatic rings. The molecule has 0 aliphatic heterocycles. The predicted molar refractivity (Wildman–Crippen MR) is 118 cm³/mol. The topological polar surface area (TPSA) is 91.8 Å². The highest BCUT2D eigenvalue weighted by atomic mass is 127. The molecule has 0 radical (unpaired) electrons. The monoisotopic (exact) mass is 498 g/mol. The third kappa shape index (κ3) is 10.8. The van der Waals surface area contributed by atoms with Crippen molar-refractivity contribution in [1.29, 1.82) is 0 Å². The lowest BCUT2D eigenvalue weighted by Gasteiger charge is -2.15. The molecular formula is C17H31IN4O3S. The van der Waals surface area contributed by atoms with E-state index in [2.05, 4.69) is 39.4 Å². The largest absolute Gasteiger partial charge is 0.493 e. The molecule has 0 heterocycles. The fraction of sp³-hybridized carbons (Fsp3) is 0.588. The first-order valence-corrected chi connectivity index (χ1v) is 10.4. The molecule has 3 N–H and O–H groups in total. The summed E-state index contributed by atoms with van der Waals surface area (Å²) in [5.41, 5.74) is 2.23. The van der Waals surface area contributed by atoms with Crippen LogP contribution in [0.5, 0.6) is 5.75 Å². The standard InChI is InChI=1S/C17H30N4O3S.HI/c1-5-11-24-16-12-14(2)7-8-15(16)13-20-17(18-3)19-9-6-10-21-25(4,22)23;/h7-8,12,21H,5-6,9-11,13H2,1-4H3,(H2,18,19,20);1H. The van der Waals surface area contributed by atoms with Gasteiger partial charge in [-0.05, 0) is 31.4 Å². The van der Waals surface area contributed by atoms with Crippen molar-refractivity contribution < 1.29 is 13.2 Å². The van der Waals surface area contributed by atoms with Gasteiger partial charge in [0.15, 0.2) is 5.96 Å². The highest BCUT2D eigenvalue weighted by molar-refractivity contribution is 14.0. The lowest BCUT2D eigenvalue weighted by molar-refractivity contribution is 0.313. The number of nitrogens with zero attached hydrogens (tertiary/aromatic N) is 1. The highest BCUT2D eigenvalue weighted by Crippen LogP contribution is 2.20. The van der Waals surface area contributed by atoms with Crippen molar-refractivity contribution in [2.45, 2.75) is 33.2 Å². The normalized spacial score (nSPS) is 11.6. The minimum Gasteiger partial charge on any atom is -0.493 e. The molecule has 0 aliphatic carbocycles. The summed E-state index contributed by atoms with van der Waals surface area (Å²) in [6.07, 6.45) is 2.79. The van der Waals surface area contributed by atoms with Crippen LogP contribution in [0.4, 0.5) is 0 Å². The fourth-order valence-corrected chi connectivity index (χ4v) is 2.62. The molecule has 7 nitrogen and oxygen atoms in total. The van der Waals surface area contributed by atoms with E-state index in [0.29, 0.717) is 38.6 Å². The Kier molecular flexibility index (Phi) is 12.6. The van der Waals surface area contributed by atoms with Crippen LogP contribution in [0.15, 0.2) is 23.2 Å². The number of halogens is 1. The fourth-order valence-electron chi connectivity index (χ4n) is 2.11. The molecule has 0 amide bonds. The minimum atomic E-state index is -3.13. The number of rotatable bonds is 10. The van der Waals surface area contributed by atoms with Crippen molar-refractivity contribution in [2.24, 2.45) is 4.99 Å². The molecule has 0 unspecified atom stereocenters. The second kappa shape index (κ2) is 13.2. The van der Waals surface area contributed by atoms with Gasteiger partial charge in [0.25, 0.3) is 0 Å².